The largest absolute Gasteiger partial charge is 0.487 e. The number of hydrogen-bond acceptors (Lipinski definition) is 4. The van der Waals surface area contributed by atoms with Gasteiger partial charge in [-0.15, -0.1) is 11.8 Å². The number of pyridine rings is 1. The highest BCUT2D eigenvalue weighted by atomic mass is 35.5. The second kappa shape index (κ2) is 9.23. The maximum atomic E-state index is 10.4. The third kappa shape index (κ3) is 4.18. The van der Waals surface area contributed by atoms with E-state index in [-0.39, 0.29) is 6.61 Å². The number of hydrogen-bond donors (Lipinski definition) is 1. The van der Waals surface area contributed by atoms with E-state index in [9.17, 15) is 5.11 Å². The zero-order valence-corrected chi connectivity index (χ0v) is 20.9. The number of ether oxygens (including phenoxy) is 1. The Kier molecular flexibility index (Phi) is 5.93. The van der Waals surface area contributed by atoms with Gasteiger partial charge >= 0.3 is 0 Å². The van der Waals surface area contributed by atoms with Gasteiger partial charge in [-0.1, -0.05) is 54.9 Å². The number of fused-ring (bicyclic) bond motifs is 1. The van der Waals surface area contributed by atoms with Gasteiger partial charge in [-0.05, 0) is 48.4 Å². The summed E-state index contributed by atoms with van der Waals surface area (Å²) in [5, 5.41) is 13.8. The van der Waals surface area contributed by atoms with Crippen LogP contribution >= 0.6 is 23.4 Å². The Balaban J connectivity index is 1.38. The molecule has 6 heteroatoms. The van der Waals surface area contributed by atoms with Gasteiger partial charge < -0.3 is 14.4 Å². The minimum absolute atomic E-state index is 0.00599. The molecule has 35 heavy (non-hydrogen) atoms. The highest BCUT2D eigenvalue weighted by Crippen LogP contribution is 2.47. The lowest BCUT2D eigenvalue weighted by Crippen LogP contribution is -2.10. The van der Waals surface area contributed by atoms with Gasteiger partial charge in [0.05, 0.1) is 29.0 Å². The summed E-state index contributed by atoms with van der Waals surface area (Å²) < 4.78 is 8.60. The van der Waals surface area contributed by atoms with Gasteiger partial charge in [0.25, 0.3) is 0 Å². The number of halogens is 1. The Bertz CT molecular complexity index is 1540. The molecule has 1 unspecified atom stereocenters. The maximum absolute atomic E-state index is 10.4. The van der Waals surface area contributed by atoms with Crippen molar-refractivity contribution in [3.8, 4) is 5.75 Å². The first-order chi connectivity index (χ1) is 17.1. The van der Waals surface area contributed by atoms with Crippen molar-refractivity contribution >= 4 is 45.2 Å². The lowest BCUT2D eigenvalue weighted by atomic mass is 10.0. The molecule has 6 rings (SSSR count). The lowest BCUT2D eigenvalue weighted by Gasteiger charge is -2.22. The second-order valence-electron chi connectivity index (χ2n) is 9.00. The summed E-state index contributed by atoms with van der Waals surface area (Å²) in [7, 11) is 0. The summed E-state index contributed by atoms with van der Waals surface area (Å²) in [6, 6.07) is 24.4. The van der Waals surface area contributed by atoms with E-state index in [1.807, 2.05) is 60.3 Å². The van der Waals surface area contributed by atoms with Gasteiger partial charge in [-0.25, -0.2) is 4.98 Å². The van der Waals surface area contributed by atoms with Gasteiger partial charge in [0.2, 0.25) is 0 Å². The Morgan fingerprint density at radius 2 is 1.89 bits per heavy atom. The van der Waals surface area contributed by atoms with Crippen LogP contribution in [-0.2, 0) is 26.2 Å². The van der Waals surface area contributed by atoms with E-state index in [0.717, 1.165) is 50.6 Å². The van der Waals surface area contributed by atoms with Crippen molar-refractivity contribution in [3.63, 3.8) is 0 Å². The summed E-state index contributed by atoms with van der Waals surface area (Å²) in [5.74, 6) is 0.897. The number of para-hydroxylation sites is 1. The Labute approximate surface area is 213 Å². The summed E-state index contributed by atoms with van der Waals surface area (Å²) in [4.78, 5) is 5.93. The summed E-state index contributed by atoms with van der Waals surface area (Å²) >= 11 is 7.94. The molecule has 1 atom stereocenters. The molecule has 1 aliphatic heterocycles. The highest BCUT2D eigenvalue weighted by molar-refractivity contribution is 8.00. The SMILES string of the molecule is CC1Cc2c(OCc3ccc4ccccc4n3)ccc3c2c(c(CO)n3Cc2ccc(Cl)cc2)S1. The van der Waals surface area contributed by atoms with Crippen molar-refractivity contribution in [2.24, 2.45) is 0 Å². The van der Waals surface area contributed by atoms with Gasteiger partial charge in [-0.3, -0.25) is 0 Å². The van der Waals surface area contributed by atoms with Crippen LogP contribution in [0.2, 0.25) is 5.02 Å². The lowest BCUT2D eigenvalue weighted by molar-refractivity contribution is 0.269. The predicted molar refractivity (Wildman–Crippen MR) is 144 cm³/mol. The molecule has 1 aliphatic rings. The van der Waals surface area contributed by atoms with E-state index in [1.54, 1.807) is 0 Å². The first-order valence-corrected chi connectivity index (χ1v) is 13.0. The van der Waals surface area contributed by atoms with Crippen molar-refractivity contribution in [3.05, 3.63) is 100 Å². The second-order valence-corrected chi connectivity index (χ2v) is 10.9. The quantitative estimate of drug-likeness (QED) is 0.272. The first-order valence-electron chi connectivity index (χ1n) is 11.8. The maximum Gasteiger partial charge on any atom is 0.130 e. The van der Waals surface area contributed by atoms with Crippen LogP contribution in [0.5, 0.6) is 5.75 Å². The van der Waals surface area contributed by atoms with E-state index < -0.39 is 0 Å². The van der Waals surface area contributed by atoms with Crippen molar-refractivity contribution in [2.45, 2.75) is 43.2 Å². The normalized spacial score (nSPS) is 15.1. The number of thioether (sulfide) groups is 1. The third-order valence-electron chi connectivity index (χ3n) is 6.60. The Morgan fingerprint density at radius 3 is 2.71 bits per heavy atom. The molecule has 2 aromatic heterocycles. The molecule has 0 fully saturated rings. The molecule has 1 N–H and O–H groups in total. The highest BCUT2D eigenvalue weighted by Gasteiger charge is 2.28. The van der Waals surface area contributed by atoms with E-state index in [1.165, 1.54) is 15.8 Å². The number of benzene rings is 3. The molecular formula is C29H25ClN2O2S. The number of nitrogens with zero attached hydrogens (tertiary/aromatic N) is 2. The van der Waals surface area contributed by atoms with Crippen LogP contribution < -0.4 is 4.74 Å². The third-order valence-corrected chi connectivity index (χ3v) is 8.10. The van der Waals surface area contributed by atoms with Gasteiger partial charge in [-0.2, -0.15) is 0 Å². The van der Waals surface area contributed by atoms with Crippen LogP contribution in [0.25, 0.3) is 21.8 Å². The van der Waals surface area contributed by atoms with Crippen molar-refractivity contribution in [2.75, 3.05) is 0 Å². The predicted octanol–water partition coefficient (Wildman–Crippen LogP) is 7.00. The topological polar surface area (TPSA) is 47.3 Å². The van der Waals surface area contributed by atoms with Crippen LogP contribution in [0, 0.1) is 0 Å². The monoisotopic (exact) mass is 500 g/mol. The number of rotatable bonds is 6. The summed E-state index contributed by atoms with van der Waals surface area (Å²) in [6.07, 6.45) is 0.922. The van der Waals surface area contributed by atoms with Crippen molar-refractivity contribution < 1.29 is 9.84 Å². The zero-order chi connectivity index (χ0) is 23.9. The van der Waals surface area contributed by atoms with E-state index in [2.05, 4.69) is 35.8 Å². The molecular weight excluding hydrogens is 476 g/mol. The number of aliphatic hydroxyl groups is 1. The zero-order valence-electron chi connectivity index (χ0n) is 19.4. The Morgan fingerprint density at radius 1 is 1.06 bits per heavy atom. The smallest absolute Gasteiger partial charge is 0.130 e. The molecule has 0 radical (unpaired) electrons. The van der Waals surface area contributed by atoms with Crippen LogP contribution in [-0.4, -0.2) is 19.9 Å². The van der Waals surface area contributed by atoms with E-state index in [0.29, 0.717) is 18.4 Å². The van der Waals surface area contributed by atoms with Crippen LogP contribution in [0.4, 0.5) is 0 Å². The van der Waals surface area contributed by atoms with E-state index in [4.69, 9.17) is 21.3 Å². The Hall–Kier alpha value is -2.99. The van der Waals surface area contributed by atoms with Crippen LogP contribution in [0.3, 0.4) is 0 Å². The first kappa shape index (κ1) is 22.5. The molecule has 0 spiro atoms. The van der Waals surface area contributed by atoms with Gasteiger partial charge in [0.1, 0.15) is 12.4 Å². The molecule has 4 nitrogen and oxygen atoms in total. The molecule has 0 amide bonds. The molecule has 0 aliphatic carbocycles. The summed E-state index contributed by atoms with van der Waals surface area (Å²) in [6.45, 7) is 3.32. The fourth-order valence-electron chi connectivity index (χ4n) is 4.95. The number of aliphatic hydroxyl groups excluding tert-OH is 1. The molecule has 5 aromatic rings. The minimum atomic E-state index is -0.00599. The van der Waals surface area contributed by atoms with Crippen molar-refractivity contribution in [1.29, 1.82) is 0 Å². The van der Waals surface area contributed by atoms with Crippen LogP contribution in [0.1, 0.15) is 29.4 Å². The van der Waals surface area contributed by atoms with Gasteiger partial charge in [0.15, 0.2) is 0 Å². The molecule has 0 saturated heterocycles. The standard InChI is InChI=1S/C29H25ClN2O2S/c1-18-14-23-27(34-17-22-11-8-20-4-2-3-5-24(20)31-22)13-12-25-28(23)29(35-18)26(16-33)32(25)15-19-6-9-21(30)10-7-19/h2-13,18,33H,14-17H2,1H3. The number of aromatic nitrogens is 2. The molecule has 3 aromatic carbocycles. The molecule has 3 heterocycles. The fourth-order valence-corrected chi connectivity index (χ4v) is 6.39. The van der Waals surface area contributed by atoms with E-state index >= 15 is 0 Å². The van der Waals surface area contributed by atoms with Crippen molar-refractivity contribution in [1.82, 2.24) is 9.55 Å². The average molecular weight is 501 g/mol. The molecule has 176 valence electrons. The van der Waals surface area contributed by atoms with Gasteiger partial charge in [0, 0.05) is 38.0 Å². The fraction of sp³-hybridized carbons (Fsp3) is 0.207. The molecule has 0 bridgehead atoms. The van der Waals surface area contributed by atoms with Crippen LogP contribution in [0.15, 0.2) is 77.7 Å². The minimum Gasteiger partial charge on any atom is -0.487 e. The average Bonchev–Trinajstić information content (AvgIpc) is 3.17. The summed E-state index contributed by atoms with van der Waals surface area (Å²) in [5.41, 5.74) is 6.34. The molecule has 0 saturated carbocycles.